The SMILES string of the molecule is Cl.NS(=O)(=O)c1ccc(CNC(=O)c2cc3c(s2)C2(CCNCC2)OCC3)cc1. The van der Waals surface area contributed by atoms with Crippen LogP contribution in [-0.4, -0.2) is 34.0 Å². The maximum Gasteiger partial charge on any atom is 0.261 e. The molecule has 2 aromatic rings. The maximum absolute atomic E-state index is 12.7. The molecule has 0 bridgehead atoms. The molecule has 2 aliphatic heterocycles. The Morgan fingerprint density at radius 3 is 2.59 bits per heavy atom. The van der Waals surface area contributed by atoms with E-state index in [1.165, 1.54) is 33.9 Å². The number of ether oxygens (including phenoxy) is 1. The molecule has 29 heavy (non-hydrogen) atoms. The van der Waals surface area contributed by atoms with E-state index >= 15 is 0 Å². The quantitative estimate of drug-likeness (QED) is 0.649. The summed E-state index contributed by atoms with van der Waals surface area (Å²) in [7, 11) is -3.71. The fourth-order valence-corrected chi connectivity index (χ4v) is 5.64. The van der Waals surface area contributed by atoms with Crippen molar-refractivity contribution in [2.24, 2.45) is 5.14 Å². The van der Waals surface area contributed by atoms with Gasteiger partial charge in [-0.3, -0.25) is 4.79 Å². The van der Waals surface area contributed by atoms with E-state index < -0.39 is 10.0 Å². The number of hydrogen-bond acceptors (Lipinski definition) is 6. The minimum atomic E-state index is -3.71. The number of piperidine rings is 1. The molecule has 0 unspecified atom stereocenters. The van der Waals surface area contributed by atoms with Gasteiger partial charge in [-0.05, 0) is 61.7 Å². The van der Waals surface area contributed by atoms with Gasteiger partial charge in [-0.15, -0.1) is 23.7 Å². The molecule has 10 heteroatoms. The zero-order valence-corrected chi connectivity index (χ0v) is 18.2. The van der Waals surface area contributed by atoms with Crippen LogP contribution in [0.25, 0.3) is 0 Å². The molecule has 0 radical (unpaired) electrons. The van der Waals surface area contributed by atoms with Crippen LogP contribution < -0.4 is 15.8 Å². The van der Waals surface area contributed by atoms with Gasteiger partial charge in [0.25, 0.3) is 5.91 Å². The highest BCUT2D eigenvalue weighted by Gasteiger charge is 2.41. The third kappa shape index (κ3) is 4.65. The number of benzene rings is 1. The van der Waals surface area contributed by atoms with Crippen molar-refractivity contribution in [3.8, 4) is 0 Å². The Balaban J connectivity index is 0.00000240. The van der Waals surface area contributed by atoms with Gasteiger partial charge in [0, 0.05) is 11.4 Å². The zero-order valence-electron chi connectivity index (χ0n) is 15.8. The van der Waals surface area contributed by atoms with E-state index in [0.717, 1.165) is 37.9 Å². The molecule has 1 aromatic heterocycles. The Bertz CT molecular complexity index is 983. The molecule has 1 spiro atoms. The molecule has 1 amide bonds. The van der Waals surface area contributed by atoms with E-state index in [1.807, 2.05) is 6.07 Å². The molecule has 0 saturated carbocycles. The van der Waals surface area contributed by atoms with Crippen molar-refractivity contribution >= 4 is 39.7 Å². The van der Waals surface area contributed by atoms with Gasteiger partial charge in [-0.2, -0.15) is 0 Å². The normalized spacial score (nSPS) is 18.0. The van der Waals surface area contributed by atoms with E-state index in [9.17, 15) is 13.2 Å². The van der Waals surface area contributed by atoms with Crippen molar-refractivity contribution in [2.75, 3.05) is 19.7 Å². The highest BCUT2D eigenvalue weighted by molar-refractivity contribution is 7.89. The van der Waals surface area contributed by atoms with Crippen LogP contribution >= 0.6 is 23.7 Å². The number of rotatable bonds is 4. The van der Waals surface area contributed by atoms with Crippen LogP contribution in [0.1, 0.15) is 38.5 Å². The Kier molecular flexibility index (Phi) is 6.67. The van der Waals surface area contributed by atoms with Gasteiger partial charge >= 0.3 is 0 Å². The number of fused-ring (bicyclic) bond motifs is 2. The van der Waals surface area contributed by atoms with E-state index in [4.69, 9.17) is 9.88 Å². The largest absolute Gasteiger partial charge is 0.369 e. The summed E-state index contributed by atoms with van der Waals surface area (Å²) in [4.78, 5) is 14.6. The number of nitrogens with two attached hydrogens (primary N) is 1. The predicted octanol–water partition coefficient (Wildman–Crippen LogP) is 1.90. The van der Waals surface area contributed by atoms with Crippen LogP contribution in [0.5, 0.6) is 0 Å². The number of carbonyl (C=O) groups excluding carboxylic acids is 1. The molecule has 4 rings (SSSR count). The second kappa shape index (κ2) is 8.71. The molecule has 158 valence electrons. The summed E-state index contributed by atoms with van der Waals surface area (Å²) in [5.41, 5.74) is 1.78. The molecule has 0 aliphatic carbocycles. The molecule has 1 fully saturated rings. The van der Waals surface area contributed by atoms with Crippen LogP contribution in [-0.2, 0) is 33.3 Å². The second-order valence-electron chi connectivity index (χ2n) is 7.18. The fourth-order valence-electron chi connectivity index (χ4n) is 3.80. The highest BCUT2D eigenvalue weighted by Crippen LogP contribution is 2.44. The number of primary sulfonamides is 1. The monoisotopic (exact) mass is 457 g/mol. The molecule has 7 nitrogen and oxygen atoms in total. The van der Waals surface area contributed by atoms with Crippen LogP contribution in [0.15, 0.2) is 35.2 Å². The summed E-state index contributed by atoms with van der Waals surface area (Å²) in [5.74, 6) is -0.126. The van der Waals surface area contributed by atoms with Crippen molar-refractivity contribution < 1.29 is 17.9 Å². The van der Waals surface area contributed by atoms with Crippen LogP contribution in [0.2, 0.25) is 0 Å². The van der Waals surface area contributed by atoms with Gasteiger partial charge in [0.2, 0.25) is 10.0 Å². The van der Waals surface area contributed by atoms with Gasteiger partial charge in [0.05, 0.1) is 16.4 Å². The number of hydrogen-bond donors (Lipinski definition) is 3. The second-order valence-corrected chi connectivity index (χ2v) is 9.79. The molecule has 4 N–H and O–H groups in total. The number of nitrogens with one attached hydrogen (secondary N) is 2. The van der Waals surface area contributed by atoms with Crippen molar-refractivity contribution in [1.29, 1.82) is 0 Å². The maximum atomic E-state index is 12.7. The lowest BCUT2D eigenvalue weighted by atomic mass is 9.86. The first-order chi connectivity index (χ1) is 13.4. The van der Waals surface area contributed by atoms with Gasteiger partial charge in [-0.25, -0.2) is 13.6 Å². The first kappa shape index (κ1) is 22.2. The Morgan fingerprint density at radius 2 is 1.93 bits per heavy atom. The van der Waals surface area contributed by atoms with Crippen LogP contribution in [0.4, 0.5) is 0 Å². The van der Waals surface area contributed by atoms with E-state index in [0.29, 0.717) is 18.0 Å². The van der Waals surface area contributed by atoms with E-state index in [1.54, 1.807) is 12.1 Å². The van der Waals surface area contributed by atoms with Crippen LogP contribution in [0, 0.1) is 0 Å². The molecule has 2 aliphatic rings. The molecule has 1 aromatic carbocycles. The summed E-state index contributed by atoms with van der Waals surface area (Å²) in [6.07, 6.45) is 2.69. The van der Waals surface area contributed by atoms with Gasteiger partial charge < -0.3 is 15.4 Å². The number of amides is 1. The van der Waals surface area contributed by atoms with Gasteiger partial charge in [0.15, 0.2) is 0 Å². The summed E-state index contributed by atoms with van der Waals surface area (Å²) >= 11 is 1.53. The number of thiophene rings is 1. The lowest BCUT2D eigenvalue weighted by Crippen LogP contribution is -2.43. The standard InChI is InChI=1S/C19H23N3O4S2.ClH/c20-28(24,25)15-3-1-13(2-4-15)12-22-18(23)16-11-14-5-10-26-19(17(14)27-16)6-8-21-9-7-19;/h1-4,11,21H,5-10,12H2,(H,22,23)(H2,20,24,25);1H. The van der Waals surface area contributed by atoms with Crippen LogP contribution in [0.3, 0.4) is 0 Å². The molecule has 3 heterocycles. The minimum absolute atomic E-state index is 0. The average Bonchev–Trinajstić information content (AvgIpc) is 3.13. The average molecular weight is 458 g/mol. The third-order valence-corrected chi connectivity index (χ3v) is 7.60. The fraction of sp³-hybridized carbons (Fsp3) is 0.421. The third-order valence-electron chi connectivity index (χ3n) is 5.31. The number of sulfonamides is 1. The molecule has 1 saturated heterocycles. The predicted molar refractivity (Wildman–Crippen MR) is 114 cm³/mol. The van der Waals surface area contributed by atoms with E-state index in [-0.39, 0.29) is 28.8 Å². The smallest absolute Gasteiger partial charge is 0.261 e. The number of carbonyl (C=O) groups is 1. The van der Waals surface area contributed by atoms with Gasteiger partial charge in [-0.1, -0.05) is 12.1 Å². The minimum Gasteiger partial charge on any atom is -0.369 e. The zero-order chi connectivity index (χ0) is 19.8. The summed E-state index contributed by atoms with van der Waals surface area (Å²) in [6.45, 7) is 2.86. The summed E-state index contributed by atoms with van der Waals surface area (Å²) in [6, 6.07) is 8.18. The Hall–Kier alpha value is -1.49. The van der Waals surface area contributed by atoms with Crippen molar-refractivity contribution in [1.82, 2.24) is 10.6 Å². The topological polar surface area (TPSA) is 111 Å². The summed E-state index contributed by atoms with van der Waals surface area (Å²) < 4.78 is 28.8. The highest BCUT2D eigenvalue weighted by atomic mass is 35.5. The summed E-state index contributed by atoms with van der Waals surface area (Å²) in [5, 5.41) is 11.4. The van der Waals surface area contributed by atoms with Gasteiger partial charge in [0.1, 0.15) is 5.60 Å². The first-order valence-corrected chi connectivity index (χ1v) is 11.6. The van der Waals surface area contributed by atoms with Crippen molar-refractivity contribution in [2.45, 2.75) is 36.3 Å². The molecular weight excluding hydrogens is 434 g/mol. The molecular formula is C19H24ClN3O4S2. The number of halogens is 1. The van der Waals surface area contributed by atoms with Crippen molar-refractivity contribution in [3.63, 3.8) is 0 Å². The lowest BCUT2D eigenvalue weighted by Gasteiger charge is -2.40. The van der Waals surface area contributed by atoms with E-state index in [2.05, 4.69) is 10.6 Å². The lowest BCUT2D eigenvalue weighted by molar-refractivity contribution is -0.0771. The first-order valence-electron chi connectivity index (χ1n) is 9.25. The Morgan fingerprint density at radius 1 is 1.24 bits per heavy atom. The molecule has 0 atom stereocenters. The van der Waals surface area contributed by atoms with Crippen molar-refractivity contribution in [3.05, 3.63) is 51.2 Å². The Labute approximate surface area is 180 Å².